The van der Waals surface area contributed by atoms with Gasteiger partial charge in [0.1, 0.15) is 11.4 Å². The van der Waals surface area contributed by atoms with Crippen molar-refractivity contribution in [3.8, 4) is 5.75 Å². The second-order valence-electron chi connectivity index (χ2n) is 6.69. The Balaban J connectivity index is 1.51. The Morgan fingerprint density at radius 1 is 1.52 bits per heavy atom. The van der Waals surface area contributed by atoms with Crippen LogP contribution in [0.2, 0.25) is 0 Å². The summed E-state index contributed by atoms with van der Waals surface area (Å²) < 4.78 is 12.1. The zero-order valence-electron chi connectivity index (χ0n) is 14.0. The van der Waals surface area contributed by atoms with Gasteiger partial charge in [0.25, 0.3) is 5.91 Å². The lowest BCUT2D eigenvalue weighted by Gasteiger charge is -2.50. The predicted octanol–water partition coefficient (Wildman–Crippen LogP) is 2.63. The SMILES string of the molecule is O=C(c1cscn1)N1CCC2OCCCC2(COc2cccnc2)C1. The number of rotatable bonds is 4. The van der Waals surface area contributed by atoms with Crippen molar-refractivity contribution in [1.82, 2.24) is 14.9 Å². The van der Waals surface area contributed by atoms with Crippen LogP contribution >= 0.6 is 11.3 Å². The molecular weight excluding hydrogens is 338 g/mol. The summed E-state index contributed by atoms with van der Waals surface area (Å²) in [6, 6.07) is 3.77. The van der Waals surface area contributed by atoms with E-state index in [0.29, 0.717) is 25.4 Å². The van der Waals surface area contributed by atoms with Crippen LogP contribution in [-0.2, 0) is 4.74 Å². The normalized spacial score (nSPS) is 26.1. The van der Waals surface area contributed by atoms with Crippen LogP contribution in [0.4, 0.5) is 0 Å². The molecule has 0 aliphatic carbocycles. The number of thiazole rings is 1. The van der Waals surface area contributed by atoms with Gasteiger partial charge in [0.2, 0.25) is 0 Å². The van der Waals surface area contributed by atoms with Gasteiger partial charge in [0, 0.05) is 36.7 Å². The summed E-state index contributed by atoms with van der Waals surface area (Å²) >= 11 is 1.45. The summed E-state index contributed by atoms with van der Waals surface area (Å²) in [4.78, 5) is 22.9. The molecule has 2 aliphatic rings. The van der Waals surface area contributed by atoms with Crippen molar-refractivity contribution >= 4 is 17.2 Å². The molecule has 4 heterocycles. The third-order valence-electron chi connectivity index (χ3n) is 5.09. The van der Waals surface area contributed by atoms with Crippen molar-refractivity contribution < 1.29 is 14.3 Å². The topological polar surface area (TPSA) is 64.6 Å². The molecule has 2 aliphatic heterocycles. The molecule has 1 amide bonds. The van der Waals surface area contributed by atoms with Crippen LogP contribution in [0.1, 0.15) is 29.8 Å². The van der Waals surface area contributed by atoms with E-state index in [-0.39, 0.29) is 17.4 Å². The molecule has 6 nitrogen and oxygen atoms in total. The van der Waals surface area contributed by atoms with E-state index in [2.05, 4.69) is 9.97 Å². The maximum atomic E-state index is 12.7. The molecule has 2 unspecified atom stereocenters. The Kier molecular flexibility index (Phi) is 4.67. The number of likely N-dealkylation sites (tertiary alicyclic amines) is 1. The number of amides is 1. The van der Waals surface area contributed by atoms with Crippen LogP contribution in [0.15, 0.2) is 35.4 Å². The Bertz CT molecular complexity index is 710. The van der Waals surface area contributed by atoms with E-state index in [9.17, 15) is 4.79 Å². The summed E-state index contributed by atoms with van der Waals surface area (Å²) in [6.45, 7) is 2.67. The number of fused-ring (bicyclic) bond motifs is 1. The number of carbonyl (C=O) groups is 1. The maximum absolute atomic E-state index is 12.7. The summed E-state index contributed by atoms with van der Waals surface area (Å²) in [5.74, 6) is 0.759. The summed E-state index contributed by atoms with van der Waals surface area (Å²) in [5, 5.41) is 1.81. The quantitative estimate of drug-likeness (QED) is 0.840. The summed E-state index contributed by atoms with van der Waals surface area (Å²) in [5.41, 5.74) is 2.06. The third kappa shape index (κ3) is 3.39. The second-order valence-corrected chi connectivity index (χ2v) is 7.41. The lowest BCUT2D eigenvalue weighted by atomic mass is 9.73. The molecule has 2 atom stereocenters. The Hall–Kier alpha value is -1.99. The van der Waals surface area contributed by atoms with E-state index in [1.54, 1.807) is 17.9 Å². The number of pyridine rings is 1. The van der Waals surface area contributed by atoms with Crippen molar-refractivity contribution in [2.45, 2.75) is 25.4 Å². The monoisotopic (exact) mass is 359 g/mol. The molecule has 2 aromatic rings. The molecule has 0 N–H and O–H groups in total. The molecule has 0 bridgehead atoms. The molecule has 0 saturated carbocycles. The molecular formula is C18H21N3O3S. The fourth-order valence-electron chi connectivity index (χ4n) is 3.81. The van der Waals surface area contributed by atoms with Crippen LogP contribution in [0.5, 0.6) is 5.75 Å². The van der Waals surface area contributed by atoms with Crippen molar-refractivity contribution in [1.29, 1.82) is 0 Å². The van der Waals surface area contributed by atoms with Crippen LogP contribution < -0.4 is 4.74 Å². The van der Waals surface area contributed by atoms with Gasteiger partial charge >= 0.3 is 0 Å². The van der Waals surface area contributed by atoms with E-state index >= 15 is 0 Å². The highest BCUT2D eigenvalue weighted by Gasteiger charge is 2.48. The highest BCUT2D eigenvalue weighted by atomic mass is 32.1. The Morgan fingerprint density at radius 3 is 3.28 bits per heavy atom. The number of hydrogen-bond acceptors (Lipinski definition) is 6. The number of aromatic nitrogens is 2. The second kappa shape index (κ2) is 7.09. The van der Waals surface area contributed by atoms with Gasteiger partial charge in [-0.3, -0.25) is 9.78 Å². The predicted molar refractivity (Wildman–Crippen MR) is 93.8 cm³/mol. The molecule has 0 spiro atoms. The maximum Gasteiger partial charge on any atom is 0.273 e. The van der Waals surface area contributed by atoms with Crippen LogP contribution in [0, 0.1) is 5.41 Å². The third-order valence-corrected chi connectivity index (χ3v) is 5.67. The minimum atomic E-state index is -0.169. The molecule has 132 valence electrons. The lowest BCUT2D eigenvalue weighted by Crippen LogP contribution is -2.58. The van der Waals surface area contributed by atoms with Gasteiger partial charge in [-0.05, 0) is 31.4 Å². The molecule has 7 heteroatoms. The van der Waals surface area contributed by atoms with Gasteiger partial charge in [-0.1, -0.05) is 0 Å². The number of nitrogens with zero attached hydrogens (tertiary/aromatic N) is 3. The molecule has 4 rings (SSSR count). The fraction of sp³-hybridized carbons (Fsp3) is 0.500. The van der Waals surface area contributed by atoms with E-state index in [4.69, 9.17) is 9.47 Å². The van der Waals surface area contributed by atoms with Crippen molar-refractivity contribution in [3.05, 3.63) is 41.1 Å². The highest BCUT2D eigenvalue weighted by Crippen LogP contribution is 2.41. The van der Waals surface area contributed by atoms with Crippen LogP contribution in [0.3, 0.4) is 0 Å². The minimum absolute atomic E-state index is 0.00558. The summed E-state index contributed by atoms with van der Waals surface area (Å²) in [6.07, 6.45) is 6.41. The average Bonchev–Trinajstić information content (AvgIpc) is 3.21. The summed E-state index contributed by atoms with van der Waals surface area (Å²) in [7, 11) is 0. The zero-order chi connectivity index (χ0) is 17.1. The molecule has 0 aromatic carbocycles. The lowest BCUT2D eigenvalue weighted by molar-refractivity contribution is -0.133. The zero-order valence-corrected chi connectivity index (χ0v) is 14.8. The average molecular weight is 359 g/mol. The van der Waals surface area contributed by atoms with Gasteiger partial charge in [-0.2, -0.15) is 0 Å². The van der Waals surface area contributed by atoms with E-state index in [1.165, 1.54) is 11.3 Å². The molecule has 25 heavy (non-hydrogen) atoms. The first-order chi connectivity index (χ1) is 12.3. The fourth-order valence-corrected chi connectivity index (χ4v) is 4.34. The first kappa shape index (κ1) is 16.5. The number of ether oxygens (including phenoxy) is 2. The van der Waals surface area contributed by atoms with Gasteiger partial charge < -0.3 is 14.4 Å². The number of carbonyl (C=O) groups excluding carboxylic acids is 1. The van der Waals surface area contributed by atoms with Crippen LogP contribution in [0.25, 0.3) is 0 Å². The van der Waals surface area contributed by atoms with E-state index < -0.39 is 0 Å². The number of piperidine rings is 1. The van der Waals surface area contributed by atoms with Crippen molar-refractivity contribution in [2.75, 3.05) is 26.3 Å². The van der Waals surface area contributed by atoms with Gasteiger partial charge in [-0.25, -0.2) is 4.98 Å². The first-order valence-corrected chi connectivity index (χ1v) is 9.53. The highest BCUT2D eigenvalue weighted by molar-refractivity contribution is 7.07. The molecule has 2 aromatic heterocycles. The smallest absolute Gasteiger partial charge is 0.273 e. The minimum Gasteiger partial charge on any atom is -0.491 e. The van der Waals surface area contributed by atoms with E-state index in [0.717, 1.165) is 31.6 Å². The van der Waals surface area contributed by atoms with Crippen molar-refractivity contribution in [3.63, 3.8) is 0 Å². The van der Waals surface area contributed by atoms with Gasteiger partial charge in [0.15, 0.2) is 0 Å². The molecule has 0 radical (unpaired) electrons. The molecule has 2 fully saturated rings. The van der Waals surface area contributed by atoms with Gasteiger partial charge in [0.05, 0.1) is 24.4 Å². The van der Waals surface area contributed by atoms with Gasteiger partial charge in [-0.15, -0.1) is 11.3 Å². The standard InChI is InChI=1S/C18H21N3O3S/c22-17(15-10-25-13-20-15)21-7-4-16-18(11-21,5-2-8-23-16)12-24-14-3-1-6-19-9-14/h1,3,6,9-10,13,16H,2,4-5,7-8,11-12H2. The molecule has 2 saturated heterocycles. The number of hydrogen-bond donors (Lipinski definition) is 0. The first-order valence-electron chi connectivity index (χ1n) is 8.59. The Morgan fingerprint density at radius 2 is 2.48 bits per heavy atom. The Labute approximate surface area is 150 Å². The van der Waals surface area contributed by atoms with E-state index in [1.807, 2.05) is 22.4 Å². The van der Waals surface area contributed by atoms with Crippen molar-refractivity contribution in [2.24, 2.45) is 5.41 Å². The van der Waals surface area contributed by atoms with Crippen LogP contribution in [-0.4, -0.2) is 53.2 Å². The largest absolute Gasteiger partial charge is 0.491 e.